The van der Waals surface area contributed by atoms with E-state index in [-0.39, 0.29) is 204 Å². The van der Waals surface area contributed by atoms with Crippen LogP contribution in [0.1, 0.15) is 213 Å². The van der Waals surface area contributed by atoms with Crippen LogP contribution in [0.3, 0.4) is 0 Å². The molecule has 0 radical (unpaired) electrons. The Morgan fingerprint density at radius 2 is 0.500 bits per heavy atom. The van der Waals surface area contributed by atoms with Crippen LogP contribution < -0.4 is 159 Å². The maximum absolute atomic E-state index is 9.11. The molecule has 0 saturated carbocycles. The summed E-state index contributed by atoms with van der Waals surface area (Å²) in [5.74, 6) is 0. The van der Waals surface area contributed by atoms with Gasteiger partial charge in [-0.1, -0.05) is 236 Å². The van der Waals surface area contributed by atoms with E-state index in [9.17, 15) is 0 Å². The molecule has 0 aliphatic carbocycles. The van der Waals surface area contributed by atoms with Crippen LogP contribution in [0.5, 0.6) is 0 Å². The Bertz CT molecular complexity index is 681. The second kappa shape index (κ2) is 55.4. The van der Waals surface area contributed by atoms with E-state index in [1.54, 1.807) is 0 Å². The summed E-state index contributed by atoms with van der Waals surface area (Å²) >= 11 is 0. The number of nitrogens with two attached hydrogens (primary N) is 2. The van der Waals surface area contributed by atoms with Crippen molar-refractivity contribution in [2.24, 2.45) is 43.3 Å². The molecule has 0 aliphatic heterocycles. The molecular weight excluding hydrogens is 824 g/mol. The van der Waals surface area contributed by atoms with Crippen LogP contribution in [0.4, 0.5) is 0 Å². The minimum atomic E-state index is -1.33. The van der Waals surface area contributed by atoms with Crippen molar-refractivity contribution >= 4 is 12.6 Å². The first kappa shape index (κ1) is 101. The first-order valence-corrected chi connectivity index (χ1v) is 18.6. The number of hydrogen-bond donors (Lipinski definition) is 1. The Labute approximate surface area is 516 Å². The van der Waals surface area contributed by atoms with Crippen molar-refractivity contribution in [3.05, 3.63) is 34.0 Å². The van der Waals surface area contributed by atoms with Gasteiger partial charge in [0.05, 0.1) is 1.37 Å². The molecule has 0 bridgehead atoms. The minimum Gasteiger partial charge on any atom is -0.693 e. The van der Waals surface area contributed by atoms with Crippen LogP contribution in [0.15, 0.2) is 0 Å². The van der Waals surface area contributed by atoms with Gasteiger partial charge < -0.3 is 48.9 Å². The number of carbonyl (C=O) groups is 2. The average molecular weight is 948 g/mol. The molecule has 0 aliphatic rings. The molecule has 0 aromatic rings. The fourth-order valence-electron chi connectivity index (χ4n) is 2.99. The van der Waals surface area contributed by atoms with Crippen LogP contribution in [-0.2, 0) is 9.59 Å². The van der Waals surface area contributed by atoms with Gasteiger partial charge >= 0.3 is 154 Å². The molecule has 0 fully saturated rings. The quantitative estimate of drug-likeness (QED) is 0.189. The third kappa shape index (κ3) is 178. The average Bonchev–Trinajstić information content (AvgIpc) is 2.72. The fraction of sp³-hybridized carbons (Fsp3) is 0.958. The Hall–Kier alpha value is 3.81. The summed E-state index contributed by atoms with van der Waals surface area (Å²) in [6.45, 7) is 62.8. The molecule has 12 heteroatoms. The fourth-order valence-corrected chi connectivity index (χ4v) is 2.99. The zero-order valence-electron chi connectivity index (χ0n) is 45.0. The van der Waals surface area contributed by atoms with E-state index >= 15 is 0 Å². The van der Waals surface area contributed by atoms with Gasteiger partial charge in [-0.3, -0.25) is 0 Å². The van der Waals surface area contributed by atoms with Crippen molar-refractivity contribution in [2.75, 3.05) is 52.4 Å². The van der Waals surface area contributed by atoms with Gasteiger partial charge in [0.25, 0.3) is 0 Å². The molecule has 0 aromatic heterocycles. The normalized spacial score (nSPS) is 10.9. The second-order valence-corrected chi connectivity index (χ2v) is 23.0. The molecule has 0 spiro atoms. The molecule has 0 aromatic carbocycles. The predicted molar refractivity (Wildman–Crippen MR) is 274 cm³/mol. The summed E-state index contributed by atoms with van der Waals surface area (Å²) in [5, 5.41) is 17.0. The molecule has 6 N–H and O–H groups in total. The van der Waals surface area contributed by atoms with Gasteiger partial charge in [-0.05, 0) is 17.8 Å². The Morgan fingerprint density at radius 1 is 0.400 bits per heavy atom. The smallest absolute Gasteiger partial charge is 0.693 e. The first-order valence-electron chi connectivity index (χ1n) is 19.6. The summed E-state index contributed by atoms with van der Waals surface area (Å²) < 4.78 is 11.6. The third-order valence-corrected chi connectivity index (χ3v) is 4.83. The number of nitrogens with zero attached hydrogens (tertiary/aromatic N) is 3. The van der Waals surface area contributed by atoms with Gasteiger partial charge in [-0.2, -0.15) is 0 Å². The number of nitrogens with one attached hydrogen (secondary N) is 2. The number of amides is 1. The van der Waals surface area contributed by atoms with Gasteiger partial charge in [-0.25, -0.2) is 0 Å². The second-order valence-electron chi connectivity index (χ2n) is 23.0. The Kier molecular flexibility index (Phi) is 93.7. The third-order valence-electron chi connectivity index (χ3n) is 4.83. The Balaban J connectivity index is -0.0000000292. The van der Waals surface area contributed by atoms with Crippen LogP contribution in [0.25, 0.3) is 34.0 Å². The van der Waals surface area contributed by atoms with Gasteiger partial charge in [0, 0.05) is 19.5 Å². The maximum Gasteiger partial charge on any atom is 1.00 e. The number of hydrogen-bond acceptors (Lipinski definition) is 3. The van der Waals surface area contributed by atoms with E-state index in [4.69, 9.17) is 18.1 Å². The molecule has 0 atom stereocenters. The molecular formula is C48H119K3N7O2-3. The zero-order chi connectivity index (χ0) is 43.6. The van der Waals surface area contributed by atoms with E-state index in [2.05, 4.69) is 187 Å². The van der Waals surface area contributed by atoms with E-state index in [0.717, 1.165) is 52.4 Å². The van der Waals surface area contributed by atoms with Crippen molar-refractivity contribution in [1.82, 2.24) is 5.32 Å². The molecule has 0 heterocycles. The Morgan fingerprint density at radius 3 is 0.567 bits per heavy atom. The van der Waals surface area contributed by atoms with Crippen molar-refractivity contribution in [2.45, 2.75) is 210 Å². The summed E-state index contributed by atoms with van der Waals surface area (Å²) in [7, 11) is 0. The van der Waals surface area contributed by atoms with Crippen molar-refractivity contribution < 1.29 is 166 Å². The van der Waals surface area contributed by atoms with Gasteiger partial charge in [-0.15, -0.1) is 39.3 Å². The molecule has 1 amide bonds. The summed E-state index contributed by atoms with van der Waals surface area (Å²) in [4.78, 5) is 17.9. The van der Waals surface area contributed by atoms with E-state index in [1.165, 1.54) is 6.92 Å². The SMILES string of the molecule is C.C.C.C.C.CC(C)(C)CNCC(C)(C)C.CC(C)(C)C[N-]CC(C)(C)C.CC(C)(C)C[N-]CC(C)(C)C.CC(C)(C)C[N-]CC(C)(C)C.[3H]C(C)=O.[3H]C([NH-])=O.[K+].[K+].[K+].[NH2-].[NH2-]. The number of carbonyl (C=O) groups excluding carboxylic acids is 2. The molecule has 0 unspecified atom stereocenters. The number of aldehydes is 1. The van der Waals surface area contributed by atoms with Crippen LogP contribution in [0.2, 0.25) is 0 Å². The largest absolute Gasteiger partial charge is 1.00 e. The van der Waals surface area contributed by atoms with Crippen molar-refractivity contribution in [1.29, 1.82) is 0 Å². The van der Waals surface area contributed by atoms with E-state index < -0.39 is 12.6 Å². The maximum atomic E-state index is 9.11. The molecule has 0 rings (SSSR count). The first-order chi connectivity index (χ1) is 22.3. The van der Waals surface area contributed by atoms with Gasteiger partial charge in [0.15, 0.2) is 0 Å². The topological polar surface area (TPSA) is 179 Å². The van der Waals surface area contributed by atoms with Crippen molar-refractivity contribution in [3.63, 3.8) is 0 Å². The summed E-state index contributed by atoms with van der Waals surface area (Å²) in [6.07, 6.45) is -1.92. The van der Waals surface area contributed by atoms with E-state index in [1.807, 2.05) is 0 Å². The van der Waals surface area contributed by atoms with Crippen LogP contribution in [-0.4, -0.2) is 65.0 Å². The standard InChI is InChI=1S/C10H23N.3C10H22N.C2H4O.CH3NO.5CH4.3K.2H2N/c4*1-9(2,3)7-11-8-10(4,5)6;1-2-3;2-1-3;;;;;;;;;;/h11H,7-8H2,1-6H3;3*7-8H2,1-6H3;2H,1H3;1H,(H2,2,3);5*1H4;;;;2*1H2/q;3*-1;;;;;;;;3*+1;2*-1/p-1/i;;;;2T;1T;;;;;;;;;;. The number of rotatable bonds is 8. The zero-order valence-corrected chi connectivity index (χ0v) is 52.3. The van der Waals surface area contributed by atoms with Gasteiger partial charge in [0.2, 0.25) is 0 Å². The molecule has 60 heavy (non-hydrogen) atoms. The molecule has 364 valence electrons. The van der Waals surface area contributed by atoms with Crippen molar-refractivity contribution in [3.8, 4) is 0 Å². The predicted octanol–water partition coefficient (Wildman–Crippen LogP) is 9.05. The summed E-state index contributed by atoms with van der Waals surface area (Å²) in [6, 6.07) is 0. The minimum absolute atomic E-state index is 0. The summed E-state index contributed by atoms with van der Waals surface area (Å²) in [5.41, 5.74) is 8.54. The van der Waals surface area contributed by atoms with E-state index in [0.29, 0.717) is 43.3 Å². The monoisotopic (exact) mass is 947 g/mol. The van der Waals surface area contributed by atoms with Crippen LogP contribution in [0, 0.1) is 43.3 Å². The molecule has 0 saturated heterocycles. The molecule has 9 nitrogen and oxygen atoms in total. The van der Waals surface area contributed by atoms with Gasteiger partial charge in [0.1, 0.15) is 7.63 Å². The van der Waals surface area contributed by atoms with Crippen LogP contribution >= 0.6 is 0 Å².